The normalized spacial score (nSPS) is 12.6. The first-order valence-corrected chi connectivity index (χ1v) is 7.86. The van der Waals surface area contributed by atoms with Crippen LogP contribution in [0.4, 0.5) is 0 Å². The average Bonchev–Trinajstić information content (AvgIpc) is 2.79. The highest BCUT2D eigenvalue weighted by atomic mass is 32.1. The van der Waals surface area contributed by atoms with E-state index in [4.69, 9.17) is 0 Å². The minimum atomic E-state index is 0.325. The van der Waals surface area contributed by atoms with Gasteiger partial charge < -0.3 is 5.32 Å². The van der Waals surface area contributed by atoms with Crippen LogP contribution in [-0.4, -0.2) is 6.54 Å². The highest BCUT2D eigenvalue weighted by Gasteiger charge is 2.18. The fourth-order valence-corrected chi connectivity index (χ4v) is 3.30. The van der Waals surface area contributed by atoms with Gasteiger partial charge in [-0.25, -0.2) is 0 Å². The van der Waals surface area contributed by atoms with E-state index >= 15 is 0 Å². The van der Waals surface area contributed by atoms with E-state index in [1.54, 1.807) is 0 Å². The predicted molar refractivity (Wildman–Crippen MR) is 85.1 cm³/mol. The zero-order valence-corrected chi connectivity index (χ0v) is 13.1. The molecule has 1 aromatic carbocycles. The Balaban J connectivity index is 2.42. The Kier molecular flexibility index (Phi) is 4.78. The topological polar surface area (TPSA) is 12.0 Å². The molecule has 1 nitrogen and oxygen atoms in total. The largest absolute Gasteiger partial charge is 0.306 e. The molecule has 0 spiro atoms. The number of aryl methyl sites for hydroxylation is 3. The van der Waals surface area contributed by atoms with Gasteiger partial charge in [-0.05, 0) is 67.4 Å². The zero-order chi connectivity index (χ0) is 13.8. The number of hydrogen-bond donors (Lipinski definition) is 1. The summed E-state index contributed by atoms with van der Waals surface area (Å²) in [6, 6.07) is 9.20. The maximum atomic E-state index is 3.70. The zero-order valence-electron chi connectivity index (χ0n) is 12.3. The predicted octanol–water partition coefficient (Wildman–Crippen LogP) is 4.76. The molecule has 0 fully saturated rings. The molecular formula is C17H23NS. The third kappa shape index (κ3) is 3.26. The van der Waals surface area contributed by atoms with Crippen molar-refractivity contribution in [1.82, 2.24) is 5.32 Å². The summed E-state index contributed by atoms with van der Waals surface area (Å²) < 4.78 is 0. The Labute approximate surface area is 120 Å². The summed E-state index contributed by atoms with van der Waals surface area (Å²) in [7, 11) is 0. The number of thiophene rings is 1. The van der Waals surface area contributed by atoms with Gasteiger partial charge in [0.25, 0.3) is 0 Å². The van der Waals surface area contributed by atoms with Gasteiger partial charge in [0.2, 0.25) is 0 Å². The molecule has 0 aliphatic carbocycles. The van der Waals surface area contributed by atoms with E-state index in [1.165, 1.54) is 27.1 Å². The molecular weight excluding hydrogens is 250 g/mol. The minimum Gasteiger partial charge on any atom is -0.306 e. The van der Waals surface area contributed by atoms with Crippen LogP contribution in [0.5, 0.6) is 0 Å². The molecule has 1 atom stereocenters. The molecule has 0 saturated carbocycles. The Morgan fingerprint density at radius 1 is 1.16 bits per heavy atom. The molecule has 102 valence electrons. The van der Waals surface area contributed by atoms with Gasteiger partial charge >= 0.3 is 0 Å². The summed E-state index contributed by atoms with van der Waals surface area (Å²) in [6.45, 7) is 9.86. The van der Waals surface area contributed by atoms with E-state index in [9.17, 15) is 0 Å². The molecule has 1 unspecified atom stereocenters. The van der Waals surface area contributed by atoms with Gasteiger partial charge in [-0.2, -0.15) is 0 Å². The first-order chi connectivity index (χ1) is 9.13. The first kappa shape index (κ1) is 14.3. The van der Waals surface area contributed by atoms with Crippen molar-refractivity contribution < 1.29 is 0 Å². The van der Waals surface area contributed by atoms with Crippen LogP contribution >= 0.6 is 11.3 Å². The summed E-state index contributed by atoms with van der Waals surface area (Å²) in [5.74, 6) is 0. The molecule has 0 radical (unpaired) electrons. The molecule has 0 bridgehead atoms. The quantitative estimate of drug-likeness (QED) is 0.828. The van der Waals surface area contributed by atoms with Gasteiger partial charge in [0, 0.05) is 4.88 Å². The average molecular weight is 273 g/mol. The van der Waals surface area contributed by atoms with Crippen molar-refractivity contribution in [3.8, 4) is 0 Å². The van der Waals surface area contributed by atoms with Gasteiger partial charge in [0.1, 0.15) is 0 Å². The lowest BCUT2D eigenvalue weighted by molar-refractivity contribution is 0.595. The molecule has 1 aromatic heterocycles. The second kappa shape index (κ2) is 6.36. The van der Waals surface area contributed by atoms with Gasteiger partial charge in [-0.3, -0.25) is 0 Å². The molecule has 2 rings (SSSR count). The Morgan fingerprint density at radius 2 is 1.84 bits per heavy atom. The van der Waals surface area contributed by atoms with E-state index in [-0.39, 0.29) is 0 Å². The Bertz CT molecular complexity index is 522. The highest BCUT2D eigenvalue weighted by molar-refractivity contribution is 7.10. The van der Waals surface area contributed by atoms with Crippen molar-refractivity contribution in [2.45, 2.75) is 40.2 Å². The van der Waals surface area contributed by atoms with Crippen LogP contribution in [0.2, 0.25) is 0 Å². The standard InChI is InChI=1S/C17H23NS/c1-5-9-18-17(15-10-14(4)19-11-15)16-12(2)7-6-8-13(16)3/h6-8,10-11,17-18H,5,9H2,1-4H3. The van der Waals surface area contributed by atoms with E-state index in [0.29, 0.717) is 6.04 Å². The molecule has 0 amide bonds. The Hall–Kier alpha value is -1.12. The summed E-state index contributed by atoms with van der Waals surface area (Å²) in [6.07, 6.45) is 1.16. The minimum absolute atomic E-state index is 0.325. The molecule has 0 saturated heterocycles. The monoisotopic (exact) mass is 273 g/mol. The van der Waals surface area contributed by atoms with Crippen molar-refractivity contribution in [3.63, 3.8) is 0 Å². The van der Waals surface area contributed by atoms with Gasteiger partial charge in [-0.1, -0.05) is 25.1 Å². The van der Waals surface area contributed by atoms with E-state index in [1.807, 2.05) is 11.3 Å². The molecule has 2 heteroatoms. The molecule has 2 aromatic rings. The molecule has 1 heterocycles. The number of benzene rings is 1. The summed E-state index contributed by atoms with van der Waals surface area (Å²) in [4.78, 5) is 1.38. The van der Waals surface area contributed by atoms with Crippen molar-refractivity contribution in [2.24, 2.45) is 0 Å². The van der Waals surface area contributed by atoms with Crippen LogP contribution in [0.3, 0.4) is 0 Å². The van der Waals surface area contributed by atoms with E-state index in [2.05, 4.69) is 62.7 Å². The van der Waals surface area contributed by atoms with Crippen molar-refractivity contribution in [3.05, 3.63) is 56.8 Å². The highest BCUT2D eigenvalue weighted by Crippen LogP contribution is 2.30. The molecule has 0 aliphatic heterocycles. The van der Waals surface area contributed by atoms with Crippen molar-refractivity contribution >= 4 is 11.3 Å². The summed E-state index contributed by atoms with van der Waals surface area (Å²) >= 11 is 1.83. The molecule has 0 aliphatic rings. The lowest BCUT2D eigenvalue weighted by Crippen LogP contribution is -2.24. The SMILES string of the molecule is CCCNC(c1csc(C)c1)c1c(C)cccc1C. The van der Waals surface area contributed by atoms with Crippen LogP contribution in [0.1, 0.15) is 46.5 Å². The number of nitrogens with one attached hydrogen (secondary N) is 1. The summed E-state index contributed by atoms with van der Waals surface area (Å²) in [5.41, 5.74) is 5.58. The number of rotatable bonds is 5. The fourth-order valence-electron chi connectivity index (χ4n) is 2.57. The second-order valence-corrected chi connectivity index (χ2v) is 6.30. The number of hydrogen-bond acceptors (Lipinski definition) is 2. The van der Waals surface area contributed by atoms with Crippen LogP contribution in [-0.2, 0) is 0 Å². The maximum absolute atomic E-state index is 3.70. The lowest BCUT2D eigenvalue weighted by Gasteiger charge is -2.22. The van der Waals surface area contributed by atoms with Crippen LogP contribution in [0, 0.1) is 20.8 Å². The van der Waals surface area contributed by atoms with Crippen LogP contribution < -0.4 is 5.32 Å². The van der Waals surface area contributed by atoms with Gasteiger partial charge in [-0.15, -0.1) is 11.3 Å². The second-order valence-electron chi connectivity index (χ2n) is 5.18. The van der Waals surface area contributed by atoms with Crippen LogP contribution in [0.25, 0.3) is 0 Å². The summed E-state index contributed by atoms with van der Waals surface area (Å²) in [5, 5.41) is 5.99. The van der Waals surface area contributed by atoms with Crippen LogP contribution in [0.15, 0.2) is 29.6 Å². The van der Waals surface area contributed by atoms with Crippen molar-refractivity contribution in [2.75, 3.05) is 6.54 Å². The van der Waals surface area contributed by atoms with E-state index in [0.717, 1.165) is 13.0 Å². The van der Waals surface area contributed by atoms with Crippen molar-refractivity contribution in [1.29, 1.82) is 0 Å². The third-order valence-electron chi connectivity index (χ3n) is 3.51. The maximum Gasteiger partial charge on any atom is 0.0590 e. The van der Waals surface area contributed by atoms with Gasteiger partial charge in [0.15, 0.2) is 0 Å². The third-order valence-corrected chi connectivity index (χ3v) is 4.39. The van der Waals surface area contributed by atoms with E-state index < -0.39 is 0 Å². The first-order valence-electron chi connectivity index (χ1n) is 6.98. The Morgan fingerprint density at radius 3 is 2.37 bits per heavy atom. The fraction of sp³-hybridized carbons (Fsp3) is 0.412. The molecule has 19 heavy (non-hydrogen) atoms. The smallest absolute Gasteiger partial charge is 0.0590 e. The molecule has 1 N–H and O–H groups in total. The lowest BCUT2D eigenvalue weighted by atomic mass is 9.92. The van der Waals surface area contributed by atoms with Gasteiger partial charge in [0.05, 0.1) is 6.04 Å².